The van der Waals surface area contributed by atoms with Crippen molar-refractivity contribution in [1.82, 2.24) is 24.0 Å². The molecule has 1 amide bonds. The first-order valence-electron chi connectivity index (χ1n) is 13.1. The van der Waals surface area contributed by atoms with Gasteiger partial charge in [0.05, 0.1) is 6.54 Å². The molecule has 38 heavy (non-hydrogen) atoms. The second-order valence-electron chi connectivity index (χ2n) is 10.3. The number of carbonyl (C=O) groups excluding carboxylic acids is 1. The summed E-state index contributed by atoms with van der Waals surface area (Å²) in [7, 11) is 5.26. The lowest BCUT2D eigenvalue weighted by molar-refractivity contribution is 0.0826. The van der Waals surface area contributed by atoms with Crippen molar-refractivity contribution >= 4 is 23.0 Å². The van der Waals surface area contributed by atoms with E-state index in [2.05, 4.69) is 17.0 Å². The van der Waals surface area contributed by atoms with E-state index in [1.54, 1.807) is 30.6 Å². The molecule has 0 spiro atoms. The van der Waals surface area contributed by atoms with Crippen LogP contribution >= 0.6 is 0 Å². The van der Waals surface area contributed by atoms with E-state index >= 15 is 0 Å². The maximum absolute atomic E-state index is 13.8. The summed E-state index contributed by atoms with van der Waals surface area (Å²) < 4.78 is 3.61. The zero-order valence-corrected chi connectivity index (χ0v) is 22.3. The zero-order chi connectivity index (χ0) is 26.8. The number of nitrogens with zero attached hydrogens (tertiary/aromatic N) is 6. The van der Waals surface area contributed by atoms with Crippen LogP contribution in [-0.2, 0) is 26.4 Å². The minimum atomic E-state index is -0.126. The minimum absolute atomic E-state index is 0.0399. The Labute approximate surface area is 222 Å². The standard InChI is InChI=1S/C29H35N7O2/c1-33(2)27(37)23-14-8-7-12-21(23)15-16-24-31-26-25(28(38)34(24)3)36(18-20-10-5-4-6-11-20)29(32-26)35-17-9-13-22(30)19-35/h4-8,10-12,14,22H,9,13,15-19,30H2,1-3H3. The molecule has 1 atom stereocenters. The van der Waals surface area contributed by atoms with Crippen molar-refractivity contribution in [3.63, 3.8) is 0 Å². The minimum Gasteiger partial charge on any atom is -0.345 e. The molecule has 4 aromatic rings. The van der Waals surface area contributed by atoms with Gasteiger partial charge in [-0.3, -0.25) is 18.7 Å². The first kappa shape index (κ1) is 25.7. The van der Waals surface area contributed by atoms with Crippen LogP contribution in [0.5, 0.6) is 0 Å². The number of anilines is 1. The quantitative estimate of drug-likeness (QED) is 0.408. The van der Waals surface area contributed by atoms with Gasteiger partial charge in [0, 0.05) is 52.3 Å². The molecule has 0 bridgehead atoms. The second-order valence-corrected chi connectivity index (χ2v) is 10.3. The van der Waals surface area contributed by atoms with Crippen LogP contribution in [-0.4, -0.2) is 63.1 Å². The summed E-state index contributed by atoms with van der Waals surface area (Å²) in [5.74, 6) is 1.34. The van der Waals surface area contributed by atoms with Gasteiger partial charge in [0.1, 0.15) is 5.82 Å². The number of imidazole rings is 1. The van der Waals surface area contributed by atoms with Crippen LogP contribution in [0.25, 0.3) is 11.2 Å². The van der Waals surface area contributed by atoms with Gasteiger partial charge in [-0.25, -0.2) is 4.98 Å². The number of nitrogens with two attached hydrogens (primary N) is 1. The summed E-state index contributed by atoms with van der Waals surface area (Å²) in [6.07, 6.45) is 3.06. The number of benzene rings is 2. The first-order valence-corrected chi connectivity index (χ1v) is 13.1. The molecule has 2 aromatic carbocycles. The van der Waals surface area contributed by atoms with Crippen LogP contribution in [0.1, 0.15) is 40.2 Å². The van der Waals surface area contributed by atoms with Gasteiger partial charge in [0.2, 0.25) is 5.95 Å². The van der Waals surface area contributed by atoms with Gasteiger partial charge in [-0.2, -0.15) is 4.98 Å². The van der Waals surface area contributed by atoms with E-state index in [9.17, 15) is 9.59 Å². The van der Waals surface area contributed by atoms with E-state index in [-0.39, 0.29) is 17.5 Å². The number of fused-ring (bicyclic) bond motifs is 1. The number of amides is 1. The van der Waals surface area contributed by atoms with Crippen LogP contribution in [0.3, 0.4) is 0 Å². The van der Waals surface area contributed by atoms with Crippen molar-refractivity contribution in [3.05, 3.63) is 87.5 Å². The number of carbonyl (C=O) groups is 1. The summed E-state index contributed by atoms with van der Waals surface area (Å²) in [6, 6.07) is 17.8. The van der Waals surface area contributed by atoms with E-state index in [0.717, 1.165) is 36.5 Å². The monoisotopic (exact) mass is 513 g/mol. The fourth-order valence-electron chi connectivity index (χ4n) is 5.20. The molecule has 1 fully saturated rings. The molecular weight excluding hydrogens is 478 g/mol. The van der Waals surface area contributed by atoms with Gasteiger partial charge in [0.25, 0.3) is 11.5 Å². The van der Waals surface area contributed by atoms with E-state index in [0.29, 0.717) is 48.5 Å². The lowest BCUT2D eigenvalue weighted by Crippen LogP contribution is -2.44. The molecule has 2 N–H and O–H groups in total. The van der Waals surface area contributed by atoms with E-state index in [1.165, 1.54) is 0 Å². The van der Waals surface area contributed by atoms with Crippen molar-refractivity contribution < 1.29 is 4.79 Å². The summed E-state index contributed by atoms with van der Waals surface area (Å²) in [4.78, 5) is 40.0. The third-order valence-corrected chi connectivity index (χ3v) is 7.25. The van der Waals surface area contributed by atoms with Gasteiger partial charge in [-0.05, 0) is 36.5 Å². The molecular formula is C29H35N7O2. The van der Waals surface area contributed by atoms with Crippen molar-refractivity contribution in [2.75, 3.05) is 32.1 Å². The van der Waals surface area contributed by atoms with E-state index < -0.39 is 0 Å². The summed E-state index contributed by atoms with van der Waals surface area (Å²) in [6.45, 7) is 2.06. The molecule has 5 rings (SSSR count). The first-order chi connectivity index (χ1) is 18.3. The number of rotatable bonds is 7. The van der Waals surface area contributed by atoms with Gasteiger partial charge in [0.15, 0.2) is 11.2 Å². The highest BCUT2D eigenvalue weighted by Crippen LogP contribution is 2.24. The maximum Gasteiger partial charge on any atom is 0.279 e. The Balaban J connectivity index is 1.54. The van der Waals surface area contributed by atoms with Gasteiger partial charge >= 0.3 is 0 Å². The van der Waals surface area contributed by atoms with Crippen LogP contribution in [0, 0.1) is 0 Å². The Hall–Kier alpha value is -3.98. The Kier molecular flexibility index (Phi) is 7.28. The van der Waals surface area contributed by atoms with Crippen molar-refractivity contribution in [2.45, 2.75) is 38.3 Å². The summed E-state index contributed by atoms with van der Waals surface area (Å²) >= 11 is 0. The van der Waals surface area contributed by atoms with Gasteiger partial charge < -0.3 is 15.5 Å². The largest absolute Gasteiger partial charge is 0.345 e. The highest BCUT2D eigenvalue weighted by molar-refractivity contribution is 5.95. The number of hydrogen-bond donors (Lipinski definition) is 1. The fourth-order valence-corrected chi connectivity index (χ4v) is 5.20. The highest BCUT2D eigenvalue weighted by Gasteiger charge is 2.25. The Morgan fingerprint density at radius 1 is 1.05 bits per heavy atom. The molecule has 1 aliphatic rings. The number of piperidine rings is 1. The SMILES string of the molecule is CN(C)C(=O)c1ccccc1CCc1nc2nc(N3CCCC(N)C3)n(Cc3ccccc3)c2c(=O)n1C. The molecule has 1 saturated heterocycles. The highest BCUT2D eigenvalue weighted by atomic mass is 16.2. The van der Waals surface area contributed by atoms with E-state index in [4.69, 9.17) is 15.7 Å². The number of aromatic nitrogens is 4. The van der Waals surface area contributed by atoms with Crippen LogP contribution in [0.15, 0.2) is 59.4 Å². The topological polar surface area (TPSA) is 102 Å². The number of hydrogen-bond acceptors (Lipinski definition) is 6. The molecule has 9 heteroatoms. The van der Waals surface area contributed by atoms with Crippen LogP contribution < -0.4 is 16.2 Å². The van der Waals surface area contributed by atoms with Crippen LogP contribution in [0.2, 0.25) is 0 Å². The molecule has 2 aromatic heterocycles. The third-order valence-electron chi connectivity index (χ3n) is 7.25. The predicted octanol–water partition coefficient (Wildman–Crippen LogP) is 2.59. The third kappa shape index (κ3) is 5.06. The number of aryl methyl sites for hydroxylation is 2. The zero-order valence-electron chi connectivity index (χ0n) is 22.3. The van der Waals surface area contributed by atoms with Gasteiger partial charge in [-0.15, -0.1) is 0 Å². The van der Waals surface area contributed by atoms with Crippen molar-refractivity contribution in [3.8, 4) is 0 Å². The lowest BCUT2D eigenvalue weighted by atomic mass is 10.0. The molecule has 0 aliphatic carbocycles. The Morgan fingerprint density at radius 2 is 1.79 bits per heavy atom. The molecule has 0 radical (unpaired) electrons. The Morgan fingerprint density at radius 3 is 2.53 bits per heavy atom. The molecule has 198 valence electrons. The van der Waals surface area contributed by atoms with Crippen molar-refractivity contribution in [1.29, 1.82) is 0 Å². The molecule has 9 nitrogen and oxygen atoms in total. The van der Waals surface area contributed by atoms with Crippen molar-refractivity contribution in [2.24, 2.45) is 12.8 Å². The normalized spacial score (nSPS) is 15.7. The average molecular weight is 514 g/mol. The fraction of sp³-hybridized carbons (Fsp3) is 0.379. The lowest BCUT2D eigenvalue weighted by Gasteiger charge is -2.31. The second kappa shape index (κ2) is 10.8. The maximum atomic E-state index is 13.8. The summed E-state index contributed by atoms with van der Waals surface area (Å²) in [5.41, 5.74) is 9.80. The predicted molar refractivity (Wildman–Crippen MR) is 150 cm³/mol. The molecule has 1 aliphatic heterocycles. The van der Waals surface area contributed by atoms with Crippen LogP contribution in [0.4, 0.5) is 5.95 Å². The Bertz CT molecular complexity index is 1510. The smallest absolute Gasteiger partial charge is 0.279 e. The molecule has 1 unspecified atom stereocenters. The van der Waals surface area contributed by atoms with Gasteiger partial charge in [-0.1, -0.05) is 48.5 Å². The molecule has 3 heterocycles. The van der Waals surface area contributed by atoms with E-state index in [1.807, 2.05) is 47.0 Å². The molecule has 0 saturated carbocycles. The summed E-state index contributed by atoms with van der Waals surface area (Å²) in [5, 5.41) is 0. The average Bonchev–Trinajstić information content (AvgIpc) is 3.28.